The van der Waals surface area contributed by atoms with Crippen LogP contribution >= 0.6 is 0 Å². The van der Waals surface area contributed by atoms with Gasteiger partial charge in [0.25, 0.3) is 5.91 Å². The number of rotatable bonds is 7. The monoisotopic (exact) mass is 274 g/mol. The second-order valence-electron chi connectivity index (χ2n) is 5.02. The number of benzene rings is 1. The SMILES string of the molecule is CCCC(C)COC(C)C(=O)Nc1ccccc1C#N. The number of amides is 1. The Balaban J connectivity index is 2.52. The Hall–Kier alpha value is -1.86. The molecular formula is C16H22N2O2. The number of nitrogens with one attached hydrogen (secondary N) is 1. The highest BCUT2D eigenvalue weighted by Gasteiger charge is 2.16. The van der Waals surface area contributed by atoms with Gasteiger partial charge in [-0.3, -0.25) is 4.79 Å². The molecule has 1 rings (SSSR count). The first-order chi connectivity index (χ1) is 9.58. The van der Waals surface area contributed by atoms with E-state index in [-0.39, 0.29) is 5.91 Å². The third kappa shape index (κ3) is 5.02. The molecule has 0 fully saturated rings. The Labute approximate surface area is 120 Å². The van der Waals surface area contributed by atoms with Gasteiger partial charge in [-0.1, -0.05) is 32.4 Å². The number of carbonyl (C=O) groups is 1. The van der Waals surface area contributed by atoms with E-state index in [4.69, 9.17) is 10.00 Å². The quantitative estimate of drug-likeness (QED) is 0.829. The second-order valence-corrected chi connectivity index (χ2v) is 5.02. The van der Waals surface area contributed by atoms with Crippen molar-refractivity contribution in [3.05, 3.63) is 29.8 Å². The maximum absolute atomic E-state index is 12.0. The van der Waals surface area contributed by atoms with E-state index in [1.54, 1.807) is 31.2 Å². The number of ether oxygens (including phenoxy) is 1. The fourth-order valence-electron chi connectivity index (χ4n) is 1.88. The van der Waals surface area contributed by atoms with Crippen LogP contribution in [0.4, 0.5) is 5.69 Å². The number of anilines is 1. The molecule has 1 aromatic rings. The molecule has 2 atom stereocenters. The van der Waals surface area contributed by atoms with E-state index in [1.165, 1.54) is 0 Å². The summed E-state index contributed by atoms with van der Waals surface area (Å²) in [6, 6.07) is 8.98. The number of nitrogens with zero attached hydrogens (tertiary/aromatic N) is 1. The number of nitriles is 1. The highest BCUT2D eigenvalue weighted by molar-refractivity contribution is 5.95. The highest BCUT2D eigenvalue weighted by Crippen LogP contribution is 2.14. The van der Waals surface area contributed by atoms with Crippen LogP contribution in [-0.4, -0.2) is 18.6 Å². The molecule has 0 aliphatic heterocycles. The number of hydrogen-bond donors (Lipinski definition) is 1. The lowest BCUT2D eigenvalue weighted by Crippen LogP contribution is -2.29. The number of hydrogen-bond acceptors (Lipinski definition) is 3. The van der Waals surface area contributed by atoms with Gasteiger partial charge in [0.15, 0.2) is 0 Å². The van der Waals surface area contributed by atoms with Crippen molar-refractivity contribution >= 4 is 11.6 Å². The van der Waals surface area contributed by atoms with Crippen LogP contribution < -0.4 is 5.32 Å². The average Bonchev–Trinajstić information content (AvgIpc) is 2.45. The Morgan fingerprint density at radius 3 is 2.75 bits per heavy atom. The summed E-state index contributed by atoms with van der Waals surface area (Å²) in [5, 5.41) is 11.7. The Kier molecular flexibility index (Phi) is 6.75. The zero-order valence-corrected chi connectivity index (χ0v) is 12.3. The van der Waals surface area contributed by atoms with Gasteiger partial charge in [0.1, 0.15) is 12.2 Å². The summed E-state index contributed by atoms with van der Waals surface area (Å²) in [5.74, 6) is 0.220. The Morgan fingerprint density at radius 2 is 2.10 bits per heavy atom. The molecule has 1 aromatic carbocycles. The molecule has 0 aromatic heterocycles. The van der Waals surface area contributed by atoms with Crippen molar-refractivity contribution in [1.82, 2.24) is 0 Å². The molecule has 4 nitrogen and oxygen atoms in total. The molecular weight excluding hydrogens is 252 g/mol. The van der Waals surface area contributed by atoms with E-state index in [1.807, 2.05) is 0 Å². The molecule has 20 heavy (non-hydrogen) atoms. The fourth-order valence-corrected chi connectivity index (χ4v) is 1.88. The van der Waals surface area contributed by atoms with Crippen LogP contribution in [0.25, 0.3) is 0 Å². The molecule has 4 heteroatoms. The molecule has 0 radical (unpaired) electrons. The molecule has 0 saturated carbocycles. The van der Waals surface area contributed by atoms with Crippen LogP contribution in [0.1, 0.15) is 39.2 Å². The minimum Gasteiger partial charge on any atom is -0.368 e. The molecule has 0 aliphatic rings. The van der Waals surface area contributed by atoms with Crippen molar-refractivity contribution in [3.8, 4) is 6.07 Å². The third-order valence-corrected chi connectivity index (χ3v) is 3.09. The van der Waals surface area contributed by atoms with E-state index in [2.05, 4.69) is 25.2 Å². The highest BCUT2D eigenvalue weighted by atomic mass is 16.5. The lowest BCUT2D eigenvalue weighted by molar-refractivity contribution is -0.127. The van der Waals surface area contributed by atoms with Crippen molar-refractivity contribution in [2.75, 3.05) is 11.9 Å². The molecule has 1 amide bonds. The summed E-state index contributed by atoms with van der Waals surface area (Å²) >= 11 is 0. The summed E-state index contributed by atoms with van der Waals surface area (Å²) in [6.07, 6.45) is 1.67. The lowest BCUT2D eigenvalue weighted by atomic mass is 10.1. The summed E-state index contributed by atoms with van der Waals surface area (Å²) in [5.41, 5.74) is 0.976. The van der Waals surface area contributed by atoms with E-state index >= 15 is 0 Å². The van der Waals surface area contributed by atoms with Crippen molar-refractivity contribution in [3.63, 3.8) is 0 Å². The fraction of sp³-hybridized carbons (Fsp3) is 0.500. The predicted octanol–water partition coefficient (Wildman–Crippen LogP) is 3.34. The van der Waals surface area contributed by atoms with E-state index in [9.17, 15) is 4.79 Å². The lowest BCUT2D eigenvalue weighted by Gasteiger charge is -2.16. The Bertz CT molecular complexity index is 480. The van der Waals surface area contributed by atoms with Gasteiger partial charge in [0.05, 0.1) is 17.9 Å². The van der Waals surface area contributed by atoms with Gasteiger partial charge in [0.2, 0.25) is 0 Å². The van der Waals surface area contributed by atoms with Crippen LogP contribution in [0.5, 0.6) is 0 Å². The summed E-state index contributed by atoms with van der Waals surface area (Å²) < 4.78 is 5.57. The first-order valence-electron chi connectivity index (χ1n) is 7.00. The molecule has 2 unspecified atom stereocenters. The average molecular weight is 274 g/mol. The smallest absolute Gasteiger partial charge is 0.253 e. The van der Waals surface area contributed by atoms with Gasteiger partial charge < -0.3 is 10.1 Å². The maximum atomic E-state index is 12.0. The van der Waals surface area contributed by atoms with Crippen molar-refractivity contribution in [1.29, 1.82) is 5.26 Å². The maximum Gasteiger partial charge on any atom is 0.253 e. The van der Waals surface area contributed by atoms with E-state index in [0.717, 1.165) is 12.8 Å². The number of para-hydroxylation sites is 1. The molecule has 108 valence electrons. The largest absolute Gasteiger partial charge is 0.368 e. The van der Waals surface area contributed by atoms with Crippen molar-refractivity contribution in [2.24, 2.45) is 5.92 Å². The van der Waals surface area contributed by atoms with Crippen LogP contribution in [0.15, 0.2) is 24.3 Å². The van der Waals surface area contributed by atoms with E-state index in [0.29, 0.717) is 23.8 Å². The summed E-state index contributed by atoms with van der Waals surface area (Å²) in [6.45, 7) is 6.54. The van der Waals surface area contributed by atoms with Gasteiger partial charge in [-0.15, -0.1) is 0 Å². The summed E-state index contributed by atoms with van der Waals surface area (Å²) in [7, 11) is 0. The van der Waals surface area contributed by atoms with Gasteiger partial charge in [-0.25, -0.2) is 0 Å². The minimum absolute atomic E-state index is 0.226. The molecule has 0 saturated heterocycles. The standard InChI is InChI=1S/C16H22N2O2/c1-4-7-12(2)11-20-13(3)16(19)18-15-9-6-5-8-14(15)10-17/h5-6,8-9,12-13H,4,7,11H2,1-3H3,(H,18,19). The first kappa shape index (κ1) is 16.2. The predicted molar refractivity (Wildman–Crippen MR) is 79.3 cm³/mol. The third-order valence-electron chi connectivity index (χ3n) is 3.09. The zero-order valence-electron chi connectivity index (χ0n) is 12.3. The van der Waals surface area contributed by atoms with Crippen molar-refractivity contribution in [2.45, 2.75) is 39.7 Å². The zero-order chi connectivity index (χ0) is 15.0. The van der Waals surface area contributed by atoms with Crippen LogP contribution in [-0.2, 0) is 9.53 Å². The van der Waals surface area contributed by atoms with Gasteiger partial charge >= 0.3 is 0 Å². The first-order valence-corrected chi connectivity index (χ1v) is 7.00. The minimum atomic E-state index is -0.527. The normalized spacial score (nSPS) is 13.3. The molecule has 0 spiro atoms. The number of carbonyl (C=O) groups excluding carboxylic acids is 1. The van der Waals surface area contributed by atoms with Crippen molar-refractivity contribution < 1.29 is 9.53 Å². The summed E-state index contributed by atoms with van der Waals surface area (Å²) in [4.78, 5) is 12.0. The van der Waals surface area contributed by atoms with Gasteiger partial charge in [0, 0.05) is 0 Å². The van der Waals surface area contributed by atoms with Crippen LogP contribution in [0.3, 0.4) is 0 Å². The Morgan fingerprint density at radius 1 is 1.40 bits per heavy atom. The molecule has 1 N–H and O–H groups in total. The van der Waals surface area contributed by atoms with E-state index < -0.39 is 6.10 Å². The van der Waals surface area contributed by atoms with Crippen LogP contribution in [0, 0.1) is 17.2 Å². The molecule has 0 heterocycles. The molecule has 0 aliphatic carbocycles. The van der Waals surface area contributed by atoms with Crippen LogP contribution in [0.2, 0.25) is 0 Å². The van der Waals surface area contributed by atoms with Gasteiger partial charge in [-0.05, 0) is 31.4 Å². The second kappa shape index (κ2) is 8.34. The van der Waals surface area contributed by atoms with Gasteiger partial charge in [-0.2, -0.15) is 5.26 Å². The molecule has 0 bridgehead atoms. The topological polar surface area (TPSA) is 62.1 Å².